The van der Waals surface area contributed by atoms with Gasteiger partial charge >= 0.3 is 12.0 Å². The summed E-state index contributed by atoms with van der Waals surface area (Å²) in [5, 5.41) is 19.3. The van der Waals surface area contributed by atoms with Crippen molar-refractivity contribution in [1.29, 1.82) is 0 Å². The molecule has 26 heavy (non-hydrogen) atoms. The molecule has 0 atom stereocenters. The molecule has 1 aromatic carbocycles. The second kappa shape index (κ2) is 8.03. The number of carboxylic acid groups (broad SMARTS) is 1. The molecule has 0 radical (unpaired) electrons. The Balaban J connectivity index is 1.53. The van der Waals surface area contributed by atoms with Crippen LogP contribution in [0.15, 0.2) is 36.5 Å². The number of carbonyl (C=O) groups excluding carboxylic acids is 1. The number of amides is 2. The first-order valence-electron chi connectivity index (χ1n) is 8.88. The van der Waals surface area contributed by atoms with Crippen LogP contribution in [0.2, 0.25) is 0 Å². The van der Waals surface area contributed by atoms with Crippen LogP contribution in [-0.4, -0.2) is 32.9 Å². The molecule has 3 N–H and O–H groups in total. The first-order valence-corrected chi connectivity index (χ1v) is 8.88. The first-order chi connectivity index (χ1) is 12.5. The maximum absolute atomic E-state index is 12.2. The molecule has 3 rings (SSSR count). The van der Waals surface area contributed by atoms with Crippen molar-refractivity contribution in [3.63, 3.8) is 0 Å². The van der Waals surface area contributed by atoms with Gasteiger partial charge in [0, 0.05) is 37.0 Å². The molecule has 7 heteroatoms. The van der Waals surface area contributed by atoms with E-state index in [-0.39, 0.29) is 18.0 Å². The van der Waals surface area contributed by atoms with Gasteiger partial charge in [-0.3, -0.25) is 9.48 Å². The number of rotatable bonds is 5. The van der Waals surface area contributed by atoms with Gasteiger partial charge in [0.1, 0.15) is 0 Å². The van der Waals surface area contributed by atoms with Crippen molar-refractivity contribution in [2.24, 2.45) is 13.0 Å². The first kappa shape index (κ1) is 18.0. The lowest BCUT2D eigenvalue weighted by molar-refractivity contribution is -0.142. The van der Waals surface area contributed by atoms with Crippen LogP contribution >= 0.6 is 0 Å². The number of benzene rings is 1. The Kier molecular flexibility index (Phi) is 5.55. The van der Waals surface area contributed by atoms with Crippen molar-refractivity contribution >= 4 is 12.0 Å². The van der Waals surface area contributed by atoms with Gasteiger partial charge in [0.15, 0.2) is 0 Å². The fourth-order valence-electron chi connectivity index (χ4n) is 3.40. The standard InChI is InChI=1S/C19H24N4O3/c1-23-12-15(17(22-23)13-5-3-2-4-6-13)11-20-19(26)21-16-9-7-14(8-10-16)18(24)25/h2-6,12,14,16H,7-11H2,1H3,(H,24,25)(H2,20,21,26). The van der Waals surface area contributed by atoms with E-state index in [0.29, 0.717) is 32.2 Å². The SMILES string of the molecule is Cn1cc(CNC(=O)NC2CCC(C(=O)O)CC2)c(-c2ccccc2)n1. The summed E-state index contributed by atoms with van der Waals surface area (Å²) in [5.74, 6) is -1.02. The van der Waals surface area contributed by atoms with E-state index < -0.39 is 5.97 Å². The molecular formula is C19H24N4O3. The van der Waals surface area contributed by atoms with Crippen molar-refractivity contribution in [1.82, 2.24) is 20.4 Å². The summed E-state index contributed by atoms with van der Waals surface area (Å²) in [6, 6.07) is 9.67. The molecule has 1 saturated carbocycles. The molecule has 2 amide bonds. The van der Waals surface area contributed by atoms with Gasteiger partial charge in [0.25, 0.3) is 0 Å². The topological polar surface area (TPSA) is 96.2 Å². The zero-order valence-electron chi connectivity index (χ0n) is 14.8. The Morgan fingerprint density at radius 3 is 2.54 bits per heavy atom. The van der Waals surface area contributed by atoms with Crippen LogP contribution in [-0.2, 0) is 18.4 Å². The normalized spacial score (nSPS) is 19.7. The van der Waals surface area contributed by atoms with Crippen molar-refractivity contribution in [2.75, 3.05) is 0 Å². The predicted molar refractivity (Wildman–Crippen MR) is 97.4 cm³/mol. The highest BCUT2D eigenvalue weighted by Gasteiger charge is 2.26. The van der Waals surface area contributed by atoms with Gasteiger partial charge in [-0.25, -0.2) is 4.79 Å². The van der Waals surface area contributed by atoms with Crippen LogP contribution in [0.4, 0.5) is 4.79 Å². The second-order valence-corrected chi connectivity index (χ2v) is 6.76. The van der Waals surface area contributed by atoms with Gasteiger partial charge in [-0.05, 0) is 25.7 Å². The third-order valence-corrected chi connectivity index (χ3v) is 4.80. The Bertz CT molecular complexity index is 764. The molecule has 1 heterocycles. The van der Waals surface area contributed by atoms with E-state index in [1.807, 2.05) is 43.6 Å². The minimum atomic E-state index is -0.738. The average molecular weight is 356 g/mol. The molecule has 7 nitrogen and oxygen atoms in total. The van der Waals surface area contributed by atoms with E-state index in [9.17, 15) is 9.59 Å². The van der Waals surface area contributed by atoms with E-state index in [2.05, 4.69) is 15.7 Å². The molecule has 2 aromatic rings. The fourth-order valence-corrected chi connectivity index (χ4v) is 3.40. The number of nitrogens with one attached hydrogen (secondary N) is 2. The van der Waals surface area contributed by atoms with Crippen molar-refractivity contribution in [3.05, 3.63) is 42.1 Å². The van der Waals surface area contributed by atoms with Crippen molar-refractivity contribution in [2.45, 2.75) is 38.3 Å². The van der Waals surface area contributed by atoms with Gasteiger partial charge in [0.05, 0.1) is 11.6 Å². The molecule has 0 unspecified atom stereocenters. The zero-order valence-corrected chi connectivity index (χ0v) is 14.8. The summed E-state index contributed by atoms with van der Waals surface area (Å²) in [5.41, 5.74) is 2.82. The van der Waals surface area contributed by atoms with Gasteiger partial charge in [-0.2, -0.15) is 5.10 Å². The van der Waals surface area contributed by atoms with Gasteiger partial charge in [-0.1, -0.05) is 30.3 Å². The van der Waals surface area contributed by atoms with Crippen LogP contribution in [0.25, 0.3) is 11.3 Å². The summed E-state index contributed by atoms with van der Waals surface area (Å²) < 4.78 is 1.74. The van der Waals surface area contributed by atoms with E-state index in [0.717, 1.165) is 16.8 Å². The van der Waals surface area contributed by atoms with E-state index in [4.69, 9.17) is 5.11 Å². The smallest absolute Gasteiger partial charge is 0.315 e. The van der Waals surface area contributed by atoms with Crippen LogP contribution in [0.5, 0.6) is 0 Å². The predicted octanol–water partition coefficient (Wildman–Crippen LogP) is 2.53. The van der Waals surface area contributed by atoms with Crippen LogP contribution in [0.3, 0.4) is 0 Å². The largest absolute Gasteiger partial charge is 0.481 e. The third kappa shape index (κ3) is 4.41. The van der Waals surface area contributed by atoms with Crippen LogP contribution in [0, 0.1) is 5.92 Å². The summed E-state index contributed by atoms with van der Waals surface area (Å²) in [6.07, 6.45) is 4.53. The number of aromatic nitrogens is 2. The molecule has 1 aliphatic rings. The minimum absolute atomic E-state index is 0.0353. The lowest BCUT2D eigenvalue weighted by Gasteiger charge is -2.26. The number of carbonyl (C=O) groups is 2. The number of carboxylic acids is 1. The lowest BCUT2D eigenvalue weighted by atomic mass is 9.86. The molecule has 1 fully saturated rings. The van der Waals surface area contributed by atoms with Crippen molar-refractivity contribution < 1.29 is 14.7 Å². The number of aryl methyl sites for hydroxylation is 1. The van der Waals surface area contributed by atoms with Crippen molar-refractivity contribution in [3.8, 4) is 11.3 Å². The number of hydrogen-bond acceptors (Lipinski definition) is 3. The molecule has 1 aliphatic carbocycles. The minimum Gasteiger partial charge on any atom is -0.481 e. The van der Waals surface area contributed by atoms with E-state index in [1.165, 1.54) is 0 Å². The molecule has 0 spiro atoms. The van der Waals surface area contributed by atoms with Gasteiger partial charge < -0.3 is 15.7 Å². The summed E-state index contributed by atoms with van der Waals surface area (Å²) in [7, 11) is 1.86. The second-order valence-electron chi connectivity index (χ2n) is 6.76. The molecule has 1 aromatic heterocycles. The highest BCUT2D eigenvalue weighted by molar-refractivity contribution is 5.75. The molecule has 138 valence electrons. The number of hydrogen-bond donors (Lipinski definition) is 3. The number of aliphatic carboxylic acids is 1. The van der Waals surface area contributed by atoms with Crippen LogP contribution < -0.4 is 10.6 Å². The third-order valence-electron chi connectivity index (χ3n) is 4.80. The molecule has 0 saturated heterocycles. The summed E-state index contributed by atoms with van der Waals surface area (Å²) >= 11 is 0. The highest BCUT2D eigenvalue weighted by atomic mass is 16.4. The van der Waals surface area contributed by atoms with Gasteiger partial charge in [-0.15, -0.1) is 0 Å². The Morgan fingerprint density at radius 2 is 1.88 bits per heavy atom. The molecular weight excluding hydrogens is 332 g/mol. The maximum atomic E-state index is 12.2. The summed E-state index contributed by atoms with van der Waals surface area (Å²) in [6.45, 7) is 0.383. The van der Waals surface area contributed by atoms with Gasteiger partial charge in [0.2, 0.25) is 0 Å². The summed E-state index contributed by atoms with van der Waals surface area (Å²) in [4.78, 5) is 23.2. The quantitative estimate of drug-likeness (QED) is 0.767. The lowest BCUT2D eigenvalue weighted by Crippen LogP contribution is -2.43. The fraction of sp³-hybridized carbons (Fsp3) is 0.421. The highest BCUT2D eigenvalue weighted by Crippen LogP contribution is 2.24. The Labute approximate surface area is 152 Å². The number of urea groups is 1. The monoisotopic (exact) mass is 356 g/mol. The molecule has 0 bridgehead atoms. The van der Waals surface area contributed by atoms with E-state index >= 15 is 0 Å². The van der Waals surface area contributed by atoms with E-state index in [1.54, 1.807) is 4.68 Å². The average Bonchev–Trinajstić information content (AvgIpc) is 3.02. The Morgan fingerprint density at radius 1 is 1.19 bits per heavy atom. The van der Waals surface area contributed by atoms with Crippen LogP contribution in [0.1, 0.15) is 31.2 Å². The Hall–Kier alpha value is -2.83. The molecule has 0 aliphatic heterocycles. The zero-order chi connectivity index (χ0) is 18.5. The maximum Gasteiger partial charge on any atom is 0.315 e. The number of nitrogens with zero attached hydrogens (tertiary/aromatic N) is 2.